The summed E-state index contributed by atoms with van der Waals surface area (Å²) in [5.41, 5.74) is 2.57. The van der Waals surface area contributed by atoms with E-state index >= 15 is 0 Å². The van der Waals surface area contributed by atoms with Crippen LogP contribution in [0.1, 0.15) is 31.0 Å². The van der Waals surface area contributed by atoms with Crippen molar-refractivity contribution in [3.63, 3.8) is 0 Å². The summed E-state index contributed by atoms with van der Waals surface area (Å²) in [7, 11) is 0. The molecule has 0 amide bonds. The second-order valence-electron chi connectivity index (χ2n) is 4.20. The first kappa shape index (κ1) is 12.8. The molecule has 4 heteroatoms. The van der Waals surface area contributed by atoms with Crippen LogP contribution < -0.4 is 5.32 Å². The first-order valence-corrected chi connectivity index (χ1v) is 6.41. The van der Waals surface area contributed by atoms with Crippen molar-refractivity contribution in [1.29, 1.82) is 0 Å². The number of hydrogen-bond donors (Lipinski definition) is 1. The third-order valence-corrected chi connectivity index (χ3v) is 3.09. The maximum Gasteiger partial charge on any atom is 0.151 e. The van der Waals surface area contributed by atoms with E-state index < -0.39 is 0 Å². The lowest BCUT2D eigenvalue weighted by Gasteiger charge is -2.14. The second kappa shape index (κ2) is 5.83. The van der Waals surface area contributed by atoms with Crippen LogP contribution in [0.25, 0.3) is 0 Å². The Morgan fingerprint density at radius 2 is 1.83 bits per heavy atom. The van der Waals surface area contributed by atoms with Gasteiger partial charge in [0.1, 0.15) is 5.82 Å². The van der Waals surface area contributed by atoms with Gasteiger partial charge in [-0.25, -0.2) is 0 Å². The number of aromatic nitrogens is 2. The quantitative estimate of drug-likeness (QED) is 0.908. The van der Waals surface area contributed by atoms with Gasteiger partial charge in [0.15, 0.2) is 5.15 Å². The molecule has 0 spiro atoms. The first-order valence-electron chi connectivity index (χ1n) is 6.03. The standard InChI is InChI=1S/C14H16ClN3/c1-3-11-4-6-12(7-5-11)10(2)16-14-9-8-13(15)17-18-14/h4-10H,3H2,1-2H3,(H,16,18). The van der Waals surface area contributed by atoms with E-state index in [9.17, 15) is 0 Å². The Bertz CT molecular complexity index is 493. The lowest BCUT2D eigenvalue weighted by molar-refractivity contribution is 0.859. The van der Waals surface area contributed by atoms with E-state index in [0.717, 1.165) is 12.2 Å². The molecule has 1 aromatic heterocycles. The molecule has 0 saturated heterocycles. The number of benzene rings is 1. The second-order valence-corrected chi connectivity index (χ2v) is 4.59. The Morgan fingerprint density at radius 1 is 1.11 bits per heavy atom. The average Bonchev–Trinajstić information content (AvgIpc) is 2.41. The fourth-order valence-corrected chi connectivity index (χ4v) is 1.84. The first-order chi connectivity index (χ1) is 8.69. The molecule has 0 bridgehead atoms. The van der Waals surface area contributed by atoms with E-state index in [2.05, 4.69) is 53.6 Å². The van der Waals surface area contributed by atoms with Crippen molar-refractivity contribution in [2.45, 2.75) is 26.3 Å². The number of anilines is 1. The van der Waals surface area contributed by atoms with Gasteiger partial charge in [0, 0.05) is 6.04 Å². The number of aryl methyl sites for hydroxylation is 1. The fourth-order valence-electron chi connectivity index (χ4n) is 1.74. The molecular formula is C14H16ClN3. The molecule has 0 aliphatic rings. The predicted molar refractivity (Wildman–Crippen MR) is 74.9 cm³/mol. The minimum Gasteiger partial charge on any atom is -0.362 e. The molecule has 2 aromatic rings. The van der Waals surface area contributed by atoms with Gasteiger partial charge in [0.05, 0.1) is 0 Å². The summed E-state index contributed by atoms with van der Waals surface area (Å²) in [6.45, 7) is 4.25. The highest BCUT2D eigenvalue weighted by Crippen LogP contribution is 2.18. The average molecular weight is 262 g/mol. The topological polar surface area (TPSA) is 37.8 Å². The molecular weight excluding hydrogens is 246 g/mol. The molecule has 1 heterocycles. The lowest BCUT2D eigenvalue weighted by atomic mass is 10.1. The summed E-state index contributed by atoms with van der Waals surface area (Å²) in [6.07, 6.45) is 1.06. The highest BCUT2D eigenvalue weighted by molar-refractivity contribution is 6.29. The van der Waals surface area contributed by atoms with Gasteiger partial charge in [-0.2, -0.15) is 0 Å². The summed E-state index contributed by atoms with van der Waals surface area (Å²) in [6, 6.07) is 12.3. The van der Waals surface area contributed by atoms with Crippen LogP contribution in [0.2, 0.25) is 5.15 Å². The van der Waals surface area contributed by atoms with E-state index in [4.69, 9.17) is 11.6 Å². The molecule has 0 aliphatic heterocycles. The van der Waals surface area contributed by atoms with E-state index in [1.54, 1.807) is 6.07 Å². The van der Waals surface area contributed by atoms with Crippen molar-refractivity contribution >= 4 is 17.4 Å². The summed E-state index contributed by atoms with van der Waals surface area (Å²) in [5.74, 6) is 0.728. The van der Waals surface area contributed by atoms with E-state index in [0.29, 0.717) is 5.15 Å². The molecule has 94 valence electrons. The van der Waals surface area contributed by atoms with Crippen LogP contribution in [-0.4, -0.2) is 10.2 Å². The van der Waals surface area contributed by atoms with Crippen LogP contribution in [0.5, 0.6) is 0 Å². The SMILES string of the molecule is CCc1ccc(C(C)Nc2ccc(Cl)nn2)cc1. The minimum absolute atomic E-state index is 0.186. The Kier molecular flexibility index (Phi) is 4.15. The predicted octanol–water partition coefficient (Wildman–Crippen LogP) is 3.87. The van der Waals surface area contributed by atoms with Crippen molar-refractivity contribution in [2.24, 2.45) is 0 Å². The third kappa shape index (κ3) is 3.20. The summed E-state index contributed by atoms with van der Waals surface area (Å²) in [5, 5.41) is 11.5. The van der Waals surface area contributed by atoms with Gasteiger partial charge >= 0.3 is 0 Å². The Hall–Kier alpha value is -1.61. The van der Waals surface area contributed by atoms with Crippen LogP contribution in [-0.2, 0) is 6.42 Å². The van der Waals surface area contributed by atoms with E-state index in [1.807, 2.05) is 6.07 Å². The number of rotatable bonds is 4. The largest absolute Gasteiger partial charge is 0.362 e. The Labute approximate surface area is 112 Å². The molecule has 0 radical (unpaired) electrons. The van der Waals surface area contributed by atoms with Gasteiger partial charge in [0.2, 0.25) is 0 Å². The number of nitrogens with one attached hydrogen (secondary N) is 1. The Balaban J connectivity index is 2.06. The molecule has 1 atom stereocenters. The highest BCUT2D eigenvalue weighted by atomic mass is 35.5. The van der Waals surface area contributed by atoms with Crippen LogP contribution in [0.15, 0.2) is 36.4 Å². The van der Waals surface area contributed by atoms with Crippen molar-refractivity contribution in [2.75, 3.05) is 5.32 Å². The van der Waals surface area contributed by atoms with Crippen molar-refractivity contribution in [3.05, 3.63) is 52.7 Å². The summed E-state index contributed by atoms with van der Waals surface area (Å²) in [4.78, 5) is 0. The summed E-state index contributed by atoms with van der Waals surface area (Å²) >= 11 is 5.70. The third-order valence-electron chi connectivity index (χ3n) is 2.88. The van der Waals surface area contributed by atoms with Gasteiger partial charge in [-0.15, -0.1) is 10.2 Å². The smallest absolute Gasteiger partial charge is 0.151 e. The normalized spacial score (nSPS) is 12.2. The zero-order chi connectivity index (χ0) is 13.0. The monoisotopic (exact) mass is 261 g/mol. The summed E-state index contributed by atoms with van der Waals surface area (Å²) < 4.78 is 0. The Morgan fingerprint density at radius 3 is 2.39 bits per heavy atom. The lowest BCUT2D eigenvalue weighted by Crippen LogP contribution is -2.08. The van der Waals surface area contributed by atoms with Crippen LogP contribution >= 0.6 is 11.6 Å². The molecule has 18 heavy (non-hydrogen) atoms. The molecule has 3 nitrogen and oxygen atoms in total. The van der Waals surface area contributed by atoms with Gasteiger partial charge in [-0.3, -0.25) is 0 Å². The molecule has 0 aliphatic carbocycles. The number of halogens is 1. The highest BCUT2D eigenvalue weighted by Gasteiger charge is 2.06. The van der Waals surface area contributed by atoms with Gasteiger partial charge in [0.25, 0.3) is 0 Å². The molecule has 2 rings (SSSR count). The van der Waals surface area contributed by atoms with Gasteiger partial charge in [-0.1, -0.05) is 42.8 Å². The van der Waals surface area contributed by atoms with Gasteiger partial charge in [-0.05, 0) is 36.6 Å². The van der Waals surface area contributed by atoms with Crippen LogP contribution in [0.3, 0.4) is 0 Å². The van der Waals surface area contributed by atoms with Crippen LogP contribution in [0, 0.1) is 0 Å². The number of hydrogen-bond acceptors (Lipinski definition) is 3. The van der Waals surface area contributed by atoms with Crippen molar-refractivity contribution < 1.29 is 0 Å². The van der Waals surface area contributed by atoms with E-state index in [-0.39, 0.29) is 6.04 Å². The molecule has 0 fully saturated rings. The molecule has 1 aromatic carbocycles. The van der Waals surface area contributed by atoms with Gasteiger partial charge < -0.3 is 5.32 Å². The molecule has 0 saturated carbocycles. The fraction of sp³-hybridized carbons (Fsp3) is 0.286. The van der Waals surface area contributed by atoms with E-state index in [1.165, 1.54) is 11.1 Å². The molecule has 1 unspecified atom stereocenters. The van der Waals surface area contributed by atoms with Crippen molar-refractivity contribution in [1.82, 2.24) is 10.2 Å². The minimum atomic E-state index is 0.186. The maximum atomic E-state index is 5.70. The number of nitrogens with zero attached hydrogens (tertiary/aromatic N) is 2. The zero-order valence-electron chi connectivity index (χ0n) is 10.5. The zero-order valence-corrected chi connectivity index (χ0v) is 11.3. The maximum absolute atomic E-state index is 5.70. The van der Waals surface area contributed by atoms with Crippen LogP contribution in [0.4, 0.5) is 5.82 Å². The van der Waals surface area contributed by atoms with Crippen molar-refractivity contribution in [3.8, 4) is 0 Å². The molecule has 1 N–H and O–H groups in total.